The van der Waals surface area contributed by atoms with Gasteiger partial charge >= 0.3 is 5.97 Å². The first-order chi connectivity index (χ1) is 18.3. The van der Waals surface area contributed by atoms with E-state index in [0.717, 1.165) is 38.8 Å². The van der Waals surface area contributed by atoms with Crippen LogP contribution in [0.5, 0.6) is 0 Å². The van der Waals surface area contributed by atoms with Crippen LogP contribution in [0.4, 0.5) is 0 Å². The molecule has 2 N–H and O–H groups in total. The summed E-state index contributed by atoms with van der Waals surface area (Å²) < 4.78 is 33.4. The fourth-order valence-corrected chi connectivity index (χ4v) is 10.6. The van der Waals surface area contributed by atoms with Gasteiger partial charge in [0.2, 0.25) is 10.0 Å². The summed E-state index contributed by atoms with van der Waals surface area (Å²) in [6.45, 7) is 13.4. The maximum atomic E-state index is 12.6. The summed E-state index contributed by atoms with van der Waals surface area (Å²) in [5.74, 6) is 2.84. The summed E-state index contributed by atoms with van der Waals surface area (Å²) >= 11 is 0. The maximum Gasteiger partial charge on any atom is 0.305 e. The van der Waals surface area contributed by atoms with Crippen molar-refractivity contribution < 1.29 is 17.9 Å². The average Bonchev–Trinajstić information content (AvgIpc) is 3.21. The number of sulfonamides is 1. The highest BCUT2D eigenvalue weighted by molar-refractivity contribution is 7.88. The van der Waals surface area contributed by atoms with Gasteiger partial charge in [-0.15, -0.1) is 0 Å². The lowest BCUT2D eigenvalue weighted by atomic mass is 9.43. The Bertz CT molecular complexity index is 1010. The zero-order chi connectivity index (χ0) is 28.6. The molecule has 4 aliphatic rings. The summed E-state index contributed by atoms with van der Waals surface area (Å²) in [5.41, 5.74) is 1.77. The van der Waals surface area contributed by atoms with Crippen molar-refractivity contribution >= 4 is 21.7 Å². The maximum absolute atomic E-state index is 12.6. The minimum Gasteiger partial charge on any atom is -0.469 e. The van der Waals surface area contributed by atoms with Gasteiger partial charge in [-0.2, -0.15) is 0 Å². The fraction of sp³-hybridized carbons (Fsp3) is 0.935. The molecule has 39 heavy (non-hydrogen) atoms. The number of carbonyl (C=O) groups excluding carboxylic acids is 1. The van der Waals surface area contributed by atoms with E-state index in [4.69, 9.17) is 9.73 Å². The first-order valence-corrected chi connectivity index (χ1v) is 17.5. The molecule has 0 aromatic heterocycles. The van der Waals surface area contributed by atoms with Crippen molar-refractivity contribution in [3.63, 3.8) is 0 Å². The van der Waals surface area contributed by atoms with E-state index in [0.29, 0.717) is 48.0 Å². The van der Waals surface area contributed by atoms with Gasteiger partial charge in [-0.3, -0.25) is 9.79 Å². The fourth-order valence-electron chi connectivity index (χ4n) is 9.80. The van der Waals surface area contributed by atoms with Crippen molar-refractivity contribution in [2.24, 2.45) is 51.3 Å². The molecule has 4 rings (SSSR count). The van der Waals surface area contributed by atoms with Crippen LogP contribution >= 0.6 is 0 Å². The molecule has 7 nitrogen and oxygen atoms in total. The highest BCUT2D eigenvalue weighted by Crippen LogP contribution is 2.68. The van der Waals surface area contributed by atoms with Crippen LogP contribution in [0.1, 0.15) is 98.8 Å². The average molecular weight is 566 g/mol. The van der Waals surface area contributed by atoms with E-state index in [2.05, 4.69) is 44.7 Å². The molecule has 0 saturated heterocycles. The zero-order valence-electron chi connectivity index (χ0n) is 25.6. The zero-order valence-corrected chi connectivity index (χ0v) is 26.4. The van der Waals surface area contributed by atoms with E-state index in [-0.39, 0.29) is 22.8 Å². The van der Waals surface area contributed by atoms with Gasteiger partial charge in [0, 0.05) is 30.8 Å². The molecule has 0 aliphatic heterocycles. The van der Waals surface area contributed by atoms with E-state index in [1.165, 1.54) is 51.2 Å². The first-order valence-electron chi connectivity index (χ1n) is 15.6. The van der Waals surface area contributed by atoms with E-state index in [1.807, 2.05) is 0 Å². The van der Waals surface area contributed by atoms with Gasteiger partial charge in [-0.05, 0) is 104 Å². The third kappa shape index (κ3) is 6.58. The van der Waals surface area contributed by atoms with Gasteiger partial charge in [-0.25, -0.2) is 13.1 Å². The van der Waals surface area contributed by atoms with Gasteiger partial charge in [0.15, 0.2) is 0 Å². The summed E-state index contributed by atoms with van der Waals surface area (Å²) in [7, 11) is -1.84. The van der Waals surface area contributed by atoms with E-state index < -0.39 is 10.0 Å². The number of fused-ring (bicyclic) bond motifs is 5. The minimum atomic E-state index is -3.31. The quantitative estimate of drug-likeness (QED) is 0.280. The van der Waals surface area contributed by atoms with Crippen molar-refractivity contribution in [1.29, 1.82) is 0 Å². The molecule has 0 heterocycles. The second-order valence-corrected chi connectivity index (χ2v) is 16.1. The molecule has 0 amide bonds. The van der Waals surface area contributed by atoms with Crippen molar-refractivity contribution in [2.45, 2.75) is 111 Å². The number of nitrogens with zero attached hydrogens (tertiary/aromatic N) is 1. The lowest BCUT2D eigenvalue weighted by molar-refractivity contribution is -0.141. The van der Waals surface area contributed by atoms with Gasteiger partial charge in [0.1, 0.15) is 0 Å². The van der Waals surface area contributed by atoms with Crippen LogP contribution in [0.15, 0.2) is 4.99 Å². The number of aliphatic imine (C=N–C) groups is 1. The van der Waals surface area contributed by atoms with Crippen LogP contribution in [-0.4, -0.2) is 58.6 Å². The smallest absolute Gasteiger partial charge is 0.305 e. The highest BCUT2D eigenvalue weighted by Gasteiger charge is 2.63. The Hall–Kier alpha value is -0.990. The Morgan fingerprint density at radius 1 is 1.10 bits per heavy atom. The van der Waals surface area contributed by atoms with Gasteiger partial charge in [-0.1, -0.05) is 34.6 Å². The molecule has 0 aromatic rings. The predicted octanol–water partition coefficient (Wildman–Crippen LogP) is 5.20. The SMILES string of the molecule is COC(=O)CCC(C)C1CCC2C3C(NS(C)(=O)=O)CC4CC(=NCCNC(C)C)CCC4(C)C3CCC12C. The summed E-state index contributed by atoms with van der Waals surface area (Å²) in [4.78, 5) is 16.8. The second kappa shape index (κ2) is 12.1. The molecule has 8 heteroatoms. The van der Waals surface area contributed by atoms with Crippen LogP contribution in [0.2, 0.25) is 0 Å². The predicted molar refractivity (Wildman–Crippen MR) is 158 cm³/mol. The summed E-state index contributed by atoms with van der Waals surface area (Å²) in [5, 5.41) is 3.46. The van der Waals surface area contributed by atoms with Crippen molar-refractivity contribution in [2.75, 3.05) is 26.5 Å². The normalized spacial score (nSPS) is 40.2. The van der Waals surface area contributed by atoms with Crippen LogP contribution in [0.3, 0.4) is 0 Å². The Balaban J connectivity index is 1.55. The lowest BCUT2D eigenvalue weighted by Gasteiger charge is -2.63. The molecule has 4 aliphatic carbocycles. The monoisotopic (exact) mass is 565 g/mol. The van der Waals surface area contributed by atoms with E-state index in [1.54, 1.807) is 0 Å². The summed E-state index contributed by atoms with van der Waals surface area (Å²) in [6, 6.07) is 0.472. The third-order valence-electron chi connectivity index (χ3n) is 11.7. The van der Waals surface area contributed by atoms with Crippen molar-refractivity contribution in [3.05, 3.63) is 0 Å². The molecule has 9 atom stereocenters. The number of esters is 1. The van der Waals surface area contributed by atoms with Crippen LogP contribution < -0.4 is 10.0 Å². The van der Waals surface area contributed by atoms with E-state index in [9.17, 15) is 13.2 Å². The number of hydrogen-bond donors (Lipinski definition) is 2. The largest absolute Gasteiger partial charge is 0.469 e. The number of ether oxygens (including phenoxy) is 1. The summed E-state index contributed by atoms with van der Waals surface area (Å²) in [6.07, 6.45) is 11.6. The lowest BCUT2D eigenvalue weighted by Crippen LogP contribution is -2.62. The van der Waals surface area contributed by atoms with Crippen LogP contribution in [-0.2, 0) is 19.6 Å². The number of hydrogen-bond acceptors (Lipinski definition) is 6. The second-order valence-electron chi connectivity index (χ2n) is 14.3. The van der Waals surface area contributed by atoms with Crippen LogP contribution in [0, 0.1) is 46.3 Å². The molecular formula is C31H55N3O4S. The van der Waals surface area contributed by atoms with Gasteiger partial charge in [0.05, 0.1) is 19.9 Å². The molecule has 9 unspecified atom stereocenters. The molecule has 0 spiro atoms. The Morgan fingerprint density at radius 2 is 1.82 bits per heavy atom. The topological polar surface area (TPSA) is 96.9 Å². The molecular weight excluding hydrogens is 510 g/mol. The Labute approximate surface area is 238 Å². The van der Waals surface area contributed by atoms with Gasteiger partial charge < -0.3 is 10.1 Å². The third-order valence-corrected chi connectivity index (χ3v) is 12.4. The van der Waals surface area contributed by atoms with Crippen molar-refractivity contribution in [1.82, 2.24) is 10.0 Å². The van der Waals surface area contributed by atoms with Gasteiger partial charge in [0.25, 0.3) is 0 Å². The number of rotatable bonds is 10. The minimum absolute atomic E-state index is 0.00113. The van der Waals surface area contributed by atoms with Crippen molar-refractivity contribution in [3.8, 4) is 0 Å². The first kappa shape index (κ1) is 31.0. The number of carbonyl (C=O) groups is 1. The molecule has 4 fully saturated rings. The van der Waals surface area contributed by atoms with E-state index >= 15 is 0 Å². The molecule has 0 bridgehead atoms. The molecule has 224 valence electrons. The molecule has 0 aromatic carbocycles. The Morgan fingerprint density at radius 3 is 2.49 bits per heavy atom. The molecule has 0 radical (unpaired) electrons. The highest BCUT2D eigenvalue weighted by atomic mass is 32.2. The molecule has 4 saturated carbocycles. The Kier molecular flexibility index (Phi) is 9.59. The van der Waals surface area contributed by atoms with Crippen LogP contribution in [0.25, 0.3) is 0 Å². The standard InChI is InChI=1S/C31H55N3O4S/c1-20(2)32-16-17-33-23-12-14-30(4)22(18-23)19-27(34-39(7,36)37)29-25-10-9-24(21(3)8-11-28(35)38-6)31(25,5)15-13-26(29)30/h20-22,24-27,29,32,34H,8-19H2,1-7H3. The number of nitrogens with one attached hydrogen (secondary N) is 2. The number of methoxy groups -OCH3 is 1.